The lowest BCUT2D eigenvalue weighted by Gasteiger charge is -2.25. The van der Waals surface area contributed by atoms with Crippen LogP contribution in [0.25, 0.3) is 0 Å². The molecule has 0 aromatic rings. The van der Waals surface area contributed by atoms with E-state index >= 15 is 0 Å². The third kappa shape index (κ3) is 77.8. The van der Waals surface area contributed by atoms with E-state index in [1.54, 1.807) is 0 Å². The third-order valence-electron chi connectivity index (χ3n) is 14.5. The van der Waals surface area contributed by atoms with E-state index in [0.29, 0.717) is 23.9 Å². The molecular formula is C90H134NO8+. The maximum atomic E-state index is 13.0. The number of ether oxygens (including phenoxy) is 4. The molecule has 0 aliphatic heterocycles. The van der Waals surface area contributed by atoms with Crippen LogP contribution in [0.3, 0.4) is 0 Å². The van der Waals surface area contributed by atoms with E-state index in [9.17, 15) is 19.5 Å². The van der Waals surface area contributed by atoms with Gasteiger partial charge in [0.1, 0.15) is 13.2 Å². The number of carbonyl (C=O) groups excluding carboxylic acids is 2. The summed E-state index contributed by atoms with van der Waals surface area (Å²) in [5.41, 5.74) is 0. The van der Waals surface area contributed by atoms with Gasteiger partial charge in [0.25, 0.3) is 6.29 Å². The zero-order valence-corrected chi connectivity index (χ0v) is 62.3. The Balaban J connectivity index is 4.35. The van der Waals surface area contributed by atoms with Gasteiger partial charge in [-0.3, -0.25) is 9.59 Å². The van der Waals surface area contributed by atoms with Gasteiger partial charge in [-0.05, 0) is 180 Å². The zero-order valence-electron chi connectivity index (χ0n) is 62.3. The highest BCUT2D eigenvalue weighted by molar-refractivity contribution is 5.71. The summed E-state index contributed by atoms with van der Waals surface area (Å²) in [6, 6.07) is 0. The van der Waals surface area contributed by atoms with Gasteiger partial charge in [0.05, 0.1) is 34.4 Å². The number of nitrogens with zero attached hydrogens (tertiary/aromatic N) is 1. The van der Waals surface area contributed by atoms with Gasteiger partial charge in [-0.1, -0.05) is 294 Å². The van der Waals surface area contributed by atoms with Crippen molar-refractivity contribution in [2.45, 2.75) is 232 Å². The molecule has 1 N–H and O–H groups in total. The average molecular weight is 1360 g/mol. The van der Waals surface area contributed by atoms with Crippen molar-refractivity contribution in [2.24, 2.45) is 0 Å². The molecule has 0 heterocycles. The molecule has 546 valence electrons. The van der Waals surface area contributed by atoms with Gasteiger partial charge in [0.15, 0.2) is 6.10 Å². The van der Waals surface area contributed by atoms with Crippen LogP contribution < -0.4 is 0 Å². The highest BCUT2D eigenvalue weighted by Crippen LogP contribution is 2.12. The second-order valence-electron chi connectivity index (χ2n) is 24.8. The zero-order chi connectivity index (χ0) is 71.8. The van der Waals surface area contributed by atoms with Gasteiger partial charge in [-0.2, -0.15) is 0 Å². The molecule has 9 nitrogen and oxygen atoms in total. The van der Waals surface area contributed by atoms with Crippen molar-refractivity contribution in [3.63, 3.8) is 0 Å². The SMILES string of the molecule is CC/C=C\C/C=C\C/C=C\C/C=C\C/C=C\C/C=C\C/C=C\C/C=C\C/C=C\C/C=C\C/C=C\CCCCCC(=O)OCC(COC(OCC[N+](C)(C)C)C(=O)O)OC(=O)CCCCC/C=C\C/C=C\C/C=C\C/C=C\C/C=C\C/C=C\C/C=C\C/C=C\C/C=C\C/C=C\C/C=C\CC. The van der Waals surface area contributed by atoms with Crippen LogP contribution in [0, 0.1) is 0 Å². The van der Waals surface area contributed by atoms with Crippen molar-refractivity contribution in [1.82, 2.24) is 0 Å². The van der Waals surface area contributed by atoms with Crippen LogP contribution in [0.4, 0.5) is 0 Å². The first-order valence-electron chi connectivity index (χ1n) is 37.5. The van der Waals surface area contributed by atoms with Crippen LogP contribution in [-0.2, 0) is 33.3 Å². The molecule has 0 saturated heterocycles. The van der Waals surface area contributed by atoms with Gasteiger partial charge in [0, 0.05) is 12.8 Å². The molecule has 2 atom stereocenters. The van der Waals surface area contributed by atoms with Crippen molar-refractivity contribution in [3.8, 4) is 0 Å². The predicted molar refractivity (Wildman–Crippen MR) is 427 cm³/mol. The topological polar surface area (TPSA) is 108 Å². The van der Waals surface area contributed by atoms with Crippen LogP contribution in [0.2, 0.25) is 0 Å². The number of allylic oxidation sites excluding steroid dienone is 44. The maximum Gasteiger partial charge on any atom is 0.361 e. The Labute approximate surface area is 604 Å². The van der Waals surface area contributed by atoms with Crippen LogP contribution in [0.5, 0.6) is 0 Å². The molecule has 0 saturated carbocycles. The highest BCUT2D eigenvalue weighted by Gasteiger charge is 2.25. The number of unbranched alkanes of at least 4 members (excludes halogenated alkanes) is 6. The largest absolute Gasteiger partial charge is 0.477 e. The highest BCUT2D eigenvalue weighted by atomic mass is 16.7. The molecule has 9 heteroatoms. The number of rotatable bonds is 65. The Bertz CT molecular complexity index is 2640. The molecule has 0 fully saturated rings. The Kier molecular flexibility index (Phi) is 70.6. The van der Waals surface area contributed by atoms with Crippen molar-refractivity contribution in [2.75, 3.05) is 47.5 Å². The lowest BCUT2D eigenvalue weighted by Crippen LogP contribution is -2.40. The molecule has 0 radical (unpaired) electrons. The number of esters is 2. The monoisotopic (exact) mass is 1360 g/mol. The summed E-state index contributed by atoms with van der Waals surface area (Å²) >= 11 is 0. The predicted octanol–water partition coefficient (Wildman–Crippen LogP) is 24.4. The van der Waals surface area contributed by atoms with E-state index in [4.69, 9.17) is 18.9 Å². The maximum absolute atomic E-state index is 13.0. The Hall–Kier alpha value is -7.43. The molecule has 0 rings (SSSR count). The van der Waals surface area contributed by atoms with E-state index in [1.165, 1.54) is 0 Å². The van der Waals surface area contributed by atoms with Gasteiger partial charge >= 0.3 is 17.9 Å². The second-order valence-corrected chi connectivity index (χ2v) is 24.8. The number of aliphatic carboxylic acids is 1. The van der Waals surface area contributed by atoms with Crippen molar-refractivity contribution >= 4 is 17.9 Å². The first-order chi connectivity index (χ1) is 48.6. The number of quaternary nitrogens is 1. The number of carboxylic acids is 1. The van der Waals surface area contributed by atoms with Crippen LogP contribution >= 0.6 is 0 Å². The minimum atomic E-state index is -1.55. The van der Waals surface area contributed by atoms with Crippen LogP contribution in [-0.4, -0.2) is 87.4 Å². The molecule has 0 aromatic carbocycles. The molecular weight excluding hydrogens is 1220 g/mol. The minimum Gasteiger partial charge on any atom is -0.477 e. The fourth-order valence-electron chi connectivity index (χ4n) is 8.84. The van der Waals surface area contributed by atoms with Gasteiger partial charge in [-0.15, -0.1) is 0 Å². The van der Waals surface area contributed by atoms with Crippen molar-refractivity contribution in [3.05, 3.63) is 267 Å². The lowest BCUT2D eigenvalue weighted by molar-refractivity contribution is -0.870. The number of carbonyl (C=O) groups is 3. The summed E-state index contributed by atoms with van der Waals surface area (Å²) < 4.78 is 22.9. The molecule has 0 amide bonds. The Morgan fingerprint density at radius 2 is 0.545 bits per heavy atom. The summed E-state index contributed by atoms with van der Waals surface area (Å²) in [4.78, 5) is 37.7. The van der Waals surface area contributed by atoms with Gasteiger partial charge in [-0.25, -0.2) is 4.79 Å². The molecule has 2 unspecified atom stereocenters. The van der Waals surface area contributed by atoms with E-state index in [2.05, 4.69) is 281 Å². The number of hydrogen-bond acceptors (Lipinski definition) is 7. The number of carboxylic acid groups (broad SMARTS) is 1. The Morgan fingerprint density at radius 3 is 0.788 bits per heavy atom. The Morgan fingerprint density at radius 1 is 0.303 bits per heavy atom. The molecule has 0 aromatic heterocycles. The summed E-state index contributed by atoms with van der Waals surface area (Å²) in [6.07, 6.45) is 124. The summed E-state index contributed by atoms with van der Waals surface area (Å²) in [5, 5.41) is 9.76. The lowest BCUT2D eigenvalue weighted by atomic mass is 10.1. The second kappa shape index (κ2) is 76.3. The standard InChI is InChI=1S/C90H133NO8/c1-6-8-10-12-14-16-18-20-22-24-26-28-30-32-34-36-38-40-42-44-46-48-50-52-54-56-58-60-62-64-66-68-70-72-74-76-78-80-87(92)97-84-86(85-98-90(89(94)95)96-83-82-91(3,4)5)99-88(93)81-79-77-75-73-71-69-67-65-63-61-59-57-55-53-51-49-47-45-43-41-39-37-35-33-31-29-27-25-23-21-19-17-15-13-11-9-7-2/h8-11,14-17,20-23,26-29,32-35,38-41,44-47,50-53,56-59,62-65,68-71,86,90H,6-7,12-13,18-19,24-25,30-31,36-37,42-43,48-49,54-55,60-61,66-67,72-85H2,1-5H3/p+1/b10-8-,11-9-,16-14-,17-15-,22-20-,23-21-,28-26-,29-27-,34-32-,35-33-,40-38-,41-39-,46-44-,47-45-,52-50-,53-51-,58-56-,59-57-,64-62-,65-63-,70-68-,71-69-. The fourth-order valence-corrected chi connectivity index (χ4v) is 8.84. The molecule has 0 aliphatic rings. The molecule has 0 spiro atoms. The third-order valence-corrected chi connectivity index (χ3v) is 14.5. The van der Waals surface area contributed by atoms with Crippen LogP contribution in [0.1, 0.15) is 219 Å². The fraction of sp³-hybridized carbons (Fsp3) is 0.478. The molecule has 99 heavy (non-hydrogen) atoms. The smallest absolute Gasteiger partial charge is 0.361 e. The van der Waals surface area contributed by atoms with E-state index in [1.807, 2.05) is 21.1 Å². The minimum absolute atomic E-state index is 0.159. The van der Waals surface area contributed by atoms with Crippen molar-refractivity contribution in [1.29, 1.82) is 0 Å². The van der Waals surface area contributed by atoms with Crippen molar-refractivity contribution < 1.29 is 42.9 Å². The molecule has 0 bridgehead atoms. The number of hydrogen-bond donors (Lipinski definition) is 1. The van der Waals surface area contributed by atoms with Crippen LogP contribution in [0.15, 0.2) is 267 Å². The van der Waals surface area contributed by atoms with E-state index < -0.39 is 30.3 Å². The summed E-state index contributed by atoms with van der Waals surface area (Å²) in [6.45, 7) is 4.52. The normalized spacial score (nSPS) is 14.2. The quantitative estimate of drug-likeness (QED) is 0.0211. The van der Waals surface area contributed by atoms with Gasteiger partial charge < -0.3 is 28.5 Å². The first-order valence-corrected chi connectivity index (χ1v) is 37.5. The van der Waals surface area contributed by atoms with Gasteiger partial charge in [0.2, 0.25) is 0 Å². The summed E-state index contributed by atoms with van der Waals surface area (Å²) in [5.74, 6) is -2.13. The average Bonchev–Trinajstić information content (AvgIpc) is 1.41. The molecule has 0 aliphatic carbocycles. The van der Waals surface area contributed by atoms with E-state index in [0.717, 1.165) is 180 Å². The first kappa shape index (κ1) is 91.6. The number of likely N-dealkylation sites (N-methyl/N-ethyl adjacent to an activating group) is 1. The van der Waals surface area contributed by atoms with E-state index in [-0.39, 0.29) is 32.7 Å². The summed E-state index contributed by atoms with van der Waals surface area (Å²) in [7, 11) is 5.93.